The monoisotopic (exact) mass is 732 g/mol. The van der Waals surface area contributed by atoms with Crippen LogP contribution in [0.15, 0.2) is 84.0 Å². The average Bonchev–Trinajstić information content (AvgIpc) is 3.55. The second-order valence-corrected chi connectivity index (χ2v) is 14.4. The molecule has 252 valence electrons. The van der Waals surface area contributed by atoms with Gasteiger partial charge in [-0.25, -0.2) is 9.78 Å². The Balaban J connectivity index is 1.34. The topological polar surface area (TPSA) is 83.8 Å². The molecule has 0 bridgehead atoms. The van der Waals surface area contributed by atoms with Crippen LogP contribution in [0.25, 0.3) is 0 Å². The number of nitrogens with zero attached hydrogens (tertiary/aromatic N) is 6. The SMILES string of the molecule is CC(C)COC(=O)N1CCN([C@@H]2c3ccc(Cl)cc3CCc3cc(Br)cnc32)C[C@@H]1C(=O)N(CCCn1ccnc1)Cc1ccccc1. The Bertz CT molecular complexity index is 1650. The second kappa shape index (κ2) is 15.7. The minimum Gasteiger partial charge on any atom is -0.449 e. The summed E-state index contributed by atoms with van der Waals surface area (Å²) in [6.45, 7) is 7.26. The molecule has 6 rings (SSSR count). The van der Waals surface area contributed by atoms with Crippen LogP contribution in [0.5, 0.6) is 0 Å². The van der Waals surface area contributed by atoms with Gasteiger partial charge in [-0.05, 0) is 81.6 Å². The van der Waals surface area contributed by atoms with Crippen molar-refractivity contribution in [3.63, 3.8) is 0 Å². The van der Waals surface area contributed by atoms with Crippen LogP contribution in [0.2, 0.25) is 5.02 Å². The summed E-state index contributed by atoms with van der Waals surface area (Å²) in [4.78, 5) is 43.4. The summed E-state index contributed by atoms with van der Waals surface area (Å²) < 4.78 is 8.69. The summed E-state index contributed by atoms with van der Waals surface area (Å²) in [5.41, 5.74) is 5.48. The number of ether oxygens (including phenoxy) is 1. The van der Waals surface area contributed by atoms with Crippen molar-refractivity contribution in [2.45, 2.75) is 58.3 Å². The first-order chi connectivity index (χ1) is 23.3. The van der Waals surface area contributed by atoms with Crippen molar-refractivity contribution in [3.05, 3.63) is 117 Å². The highest BCUT2D eigenvalue weighted by Gasteiger charge is 2.42. The van der Waals surface area contributed by atoms with Crippen molar-refractivity contribution in [2.75, 3.05) is 32.8 Å². The number of aromatic nitrogens is 3. The Labute approximate surface area is 296 Å². The van der Waals surface area contributed by atoms with Gasteiger partial charge in [0.1, 0.15) is 6.04 Å². The summed E-state index contributed by atoms with van der Waals surface area (Å²) in [6, 6.07) is 17.3. The third-order valence-corrected chi connectivity index (χ3v) is 9.73. The molecule has 11 heteroatoms. The van der Waals surface area contributed by atoms with E-state index in [0.717, 1.165) is 52.7 Å². The number of fused-ring (bicyclic) bond motifs is 2. The Kier molecular flexibility index (Phi) is 11.1. The maximum absolute atomic E-state index is 14.8. The van der Waals surface area contributed by atoms with Gasteiger partial charge in [-0.15, -0.1) is 0 Å². The van der Waals surface area contributed by atoms with E-state index in [1.54, 1.807) is 17.4 Å². The Hall–Kier alpha value is -3.73. The number of carbonyl (C=O) groups excluding carboxylic acids is 2. The van der Waals surface area contributed by atoms with Crippen LogP contribution >= 0.6 is 27.5 Å². The van der Waals surface area contributed by atoms with Crippen molar-refractivity contribution in [3.8, 4) is 0 Å². The number of rotatable bonds is 10. The molecule has 4 aromatic rings. The summed E-state index contributed by atoms with van der Waals surface area (Å²) in [6.07, 6.45) is 9.28. The predicted molar refractivity (Wildman–Crippen MR) is 190 cm³/mol. The number of benzene rings is 2. The highest BCUT2D eigenvalue weighted by Crippen LogP contribution is 2.38. The van der Waals surface area contributed by atoms with Gasteiger partial charge in [-0.2, -0.15) is 0 Å². The molecule has 9 nitrogen and oxygen atoms in total. The van der Waals surface area contributed by atoms with E-state index in [1.165, 1.54) is 5.56 Å². The summed E-state index contributed by atoms with van der Waals surface area (Å²) >= 11 is 10.1. The maximum Gasteiger partial charge on any atom is 0.410 e. The third-order valence-electron chi connectivity index (χ3n) is 9.06. The van der Waals surface area contributed by atoms with E-state index >= 15 is 0 Å². The highest BCUT2D eigenvalue weighted by molar-refractivity contribution is 9.10. The van der Waals surface area contributed by atoms with E-state index < -0.39 is 12.1 Å². The molecule has 3 heterocycles. The van der Waals surface area contributed by atoms with E-state index in [1.807, 2.05) is 72.1 Å². The van der Waals surface area contributed by atoms with E-state index in [0.29, 0.717) is 44.4 Å². The van der Waals surface area contributed by atoms with Crippen molar-refractivity contribution in [1.82, 2.24) is 29.2 Å². The van der Waals surface area contributed by atoms with Crippen LogP contribution in [0.1, 0.15) is 54.3 Å². The number of imidazole rings is 1. The normalized spacial score (nSPS) is 17.8. The molecule has 2 amide bonds. The lowest BCUT2D eigenvalue weighted by atomic mass is 9.95. The van der Waals surface area contributed by atoms with Crippen LogP contribution in [0.4, 0.5) is 4.79 Å². The smallest absolute Gasteiger partial charge is 0.410 e. The quantitative estimate of drug-likeness (QED) is 0.179. The second-order valence-electron chi connectivity index (χ2n) is 13.0. The summed E-state index contributed by atoms with van der Waals surface area (Å²) in [5, 5.41) is 0.700. The van der Waals surface area contributed by atoms with Crippen molar-refractivity contribution in [2.24, 2.45) is 5.92 Å². The minimum atomic E-state index is -0.742. The molecule has 0 radical (unpaired) electrons. The summed E-state index contributed by atoms with van der Waals surface area (Å²) in [7, 11) is 0. The lowest BCUT2D eigenvalue weighted by Crippen LogP contribution is -2.61. The number of piperazine rings is 1. The Morgan fingerprint density at radius 1 is 1.08 bits per heavy atom. The average molecular weight is 734 g/mol. The van der Waals surface area contributed by atoms with Crippen LogP contribution in [-0.2, 0) is 35.5 Å². The zero-order valence-electron chi connectivity index (χ0n) is 27.5. The molecule has 0 unspecified atom stereocenters. The van der Waals surface area contributed by atoms with E-state index in [-0.39, 0.29) is 17.9 Å². The van der Waals surface area contributed by atoms with Crippen molar-refractivity contribution >= 4 is 39.5 Å². The van der Waals surface area contributed by atoms with E-state index in [4.69, 9.17) is 21.3 Å². The van der Waals surface area contributed by atoms with Gasteiger partial charge in [-0.1, -0.05) is 61.8 Å². The molecule has 0 saturated carbocycles. The van der Waals surface area contributed by atoms with Crippen molar-refractivity contribution < 1.29 is 14.3 Å². The predicted octanol–water partition coefficient (Wildman–Crippen LogP) is 6.78. The van der Waals surface area contributed by atoms with Gasteiger partial charge in [0.15, 0.2) is 0 Å². The van der Waals surface area contributed by atoms with E-state index in [9.17, 15) is 9.59 Å². The summed E-state index contributed by atoms with van der Waals surface area (Å²) in [5.74, 6) is 0.0861. The zero-order chi connectivity index (χ0) is 33.6. The number of hydrogen-bond donors (Lipinski definition) is 0. The fourth-order valence-corrected chi connectivity index (χ4v) is 7.29. The maximum atomic E-state index is 14.8. The Morgan fingerprint density at radius 2 is 1.90 bits per heavy atom. The lowest BCUT2D eigenvalue weighted by molar-refractivity contribution is -0.140. The van der Waals surface area contributed by atoms with Gasteiger partial charge in [0.2, 0.25) is 5.91 Å². The number of hydrogen-bond acceptors (Lipinski definition) is 6. The van der Waals surface area contributed by atoms with Gasteiger partial charge in [0.05, 0.1) is 24.7 Å². The van der Waals surface area contributed by atoms with Gasteiger partial charge in [-0.3, -0.25) is 19.6 Å². The molecular weight excluding hydrogens is 692 g/mol. The van der Waals surface area contributed by atoms with Gasteiger partial charge >= 0.3 is 6.09 Å². The fraction of sp³-hybridized carbons (Fsp3) is 0.405. The van der Waals surface area contributed by atoms with E-state index in [2.05, 4.69) is 44.0 Å². The molecule has 48 heavy (non-hydrogen) atoms. The minimum absolute atomic E-state index is 0.0929. The standard InChI is InChI=1S/C37H42BrClN6O3/c1-26(2)24-48-37(47)45-18-17-43(35-32-12-11-31(39)20-28(32)9-10-29-19-30(38)21-41-34(29)35)23-33(45)36(46)44(22-27-7-4-3-5-8-27)15-6-14-42-16-13-40-25-42/h3-5,7-8,11-13,16,19-21,25-26,33,35H,6,9-10,14-15,17-18,22-24H2,1-2H3/t33-,35-/m1/s1. The molecule has 2 aromatic heterocycles. The molecule has 2 aromatic carbocycles. The number of amides is 2. The highest BCUT2D eigenvalue weighted by atomic mass is 79.9. The first-order valence-corrected chi connectivity index (χ1v) is 17.8. The molecule has 2 aliphatic rings. The fourth-order valence-electron chi connectivity index (χ4n) is 6.72. The van der Waals surface area contributed by atoms with Gasteiger partial charge < -0.3 is 14.2 Å². The Morgan fingerprint density at radius 3 is 2.67 bits per heavy atom. The number of halogens is 2. The largest absolute Gasteiger partial charge is 0.449 e. The number of aryl methyl sites for hydroxylation is 3. The lowest BCUT2D eigenvalue weighted by Gasteiger charge is -2.44. The molecule has 1 fully saturated rings. The number of carbonyl (C=O) groups is 2. The molecule has 1 aliphatic heterocycles. The molecule has 1 saturated heterocycles. The molecule has 2 atom stereocenters. The molecule has 1 aliphatic carbocycles. The number of pyridine rings is 1. The molecule has 0 spiro atoms. The molecule has 0 N–H and O–H groups in total. The van der Waals surface area contributed by atoms with Crippen LogP contribution < -0.4 is 0 Å². The first kappa shape index (κ1) is 34.1. The van der Waals surface area contributed by atoms with Gasteiger partial charge in [0, 0.05) is 67.4 Å². The zero-order valence-corrected chi connectivity index (χ0v) is 29.8. The third kappa shape index (κ3) is 8.10. The van der Waals surface area contributed by atoms with Crippen LogP contribution in [0, 0.1) is 5.92 Å². The first-order valence-electron chi connectivity index (χ1n) is 16.7. The van der Waals surface area contributed by atoms with Crippen molar-refractivity contribution in [1.29, 1.82) is 0 Å². The van der Waals surface area contributed by atoms with Gasteiger partial charge in [0.25, 0.3) is 0 Å². The van der Waals surface area contributed by atoms with Crippen LogP contribution in [-0.4, -0.2) is 80.1 Å². The van der Waals surface area contributed by atoms with Crippen LogP contribution in [0.3, 0.4) is 0 Å². The molecular formula is C37H42BrClN6O3.